The minimum Gasteiger partial charge on any atom is -0.298 e. The van der Waals surface area contributed by atoms with Crippen molar-refractivity contribution in [1.82, 2.24) is 9.97 Å². The summed E-state index contributed by atoms with van der Waals surface area (Å²) in [5, 5.41) is -0.114. The maximum Gasteiger partial charge on any atom is 0.434 e. The third-order valence-corrected chi connectivity index (χ3v) is 4.45. The van der Waals surface area contributed by atoms with Crippen LogP contribution < -0.4 is 0 Å². The van der Waals surface area contributed by atoms with Crippen LogP contribution in [0.4, 0.5) is 17.6 Å². The summed E-state index contributed by atoms with van der Waals surface area (Å²) in [6, 6.07) is 1.74. The summed E-state index contributed by atoms with van der Waals surface area (Å²) in [6.07, 6.45) is -4.71. The van der Waals surface area contributed by atoms with E-state index in [1.54, 1.807) is 6.92 Å². The average Bonchev–Trinajstić information content (AvgIpc) is 2.59. The number of aryl methyl sites for hydroxylation is 1. The van der Waals surface area contributed by atoms with Gasteiger partial charge in [-0.2, -0.15) is 13.2 Å². The van der Waals surface area contributed by atoms with Gasteiger partial charge in [0, 0.05) is 18.2 Å². The first kappa shape index (κ1) is 19.1. The molecule has 142 valence electrons. The lowest BCUT2D eigenvalue weighted by Crippen LogP contribution is -2.36. The molecule has 5 nitrogen and oxygen atoms in total. The molecule has 2 heterocycles. The molecule has 0 amide bonds. The van der Waals surface area contributed by atoms with Crippen LogP contribution >= 0.6 is 0 Å². The second-order valence-electron chi connectivity index (χ2n) is 6.28. The fourth-order valence-electron chi connectivity index (χ4n) is 3.12. The number of nitrogens with zero attached hydrogens (tertiary/aromatic N) is 2. The predicted octanol–water partition coefficient (Wildman–Crippen LogP) is 3.47. The van der Waals surface area contributed by atoms with Crippen molar-refractivity contribution in [3.8, 4) is 0 Å². The highest BCUT2D eigenvalue weighted by molar-refractivity contribution is 6.25. The van der Waals surface area contributed by atoms with Crippen LogP contribution in [0.15, 0.2) is 12.1 Å². The topological polar surface area (TPSA) is 77.0 Å². The SMILES string of the molecule is CCc1nc2nc(C(F)(F)F)c(C(=O)C3C(=O)CCCC3=O)cc2cc1F. The van der Waals surface area contributed by atoms with Crippen molar-refractivity contribution in [3.05, 3.63) is 34.9 Å². The van der Waals surface area contributed by atoms with E-state index >= 15 is 0 Å². The molecule has 1 aliphatic rings. The zero-order valence-corrected chi connectivity index (χ0v) is 14.2. The van der Waals surface area contributed by atoms with E-state index < -0.39 is 46.5 Å². The highest BCUT2D eigenvalue weighted by Gasteiger charge is 2.43. The number of halogens is 4. The smallest absolute Gasteiger partial charge is 0.298 e. The third-order valence-electron chi connectivity index (χ3n) is 4.45. The largest absolute Gasteiger partial charge is 0.434 e. The minimum atomic E-state index is -5.01. The molecule has 0 aliphatic heterocycles. The van der Waals surface area contributed by atoms with Crippen molar-refractivity contribution in [3.63, 3.8) is 0 Å². The zero-order valence-electron chi connectivity index (χ0n) is 14.2. The van der Waals surface area contributed by atoms with Crippen molar-refractivity contribution in [2.24, 2.45) is 5.92 Å². The van der Waals surface area contributed by atoms with E-state index in [1.165, 1.54) is 0 Å². The van der Waals surface area contributed by atoms with Crippen LogP contribution in [-0.4, -0.2) is 27.3 Å². The van der Waals surface area contributed by atoms with E-state index in [2.05, 4.69) is 9.97 Å². The van der Waals surface area contributed by atoms with Gasteiger partial charge in [0.2, 0.25) is 0 Å². The van der Waals surface area contributed by atoms with E-state index in [0.717, 1.165) is 12.1 Å². The summed E-state index contributed by atoms with van der Waals surface area (Å²) >= 11 is 0. The van der Waals surface area contributed by atoms with E-state index in [-0.39, 0.29) is 42.4 Å². The van der Waals surface area contributed by atoms with Gasteiger partial charge < -0.3 is 0 Å². The van der Waals surface area contributed by atoms with Crippen LogP contribution in [0.2, 0.25) is 0 Å². The number of pyridine rings is 2. The van der Waals surface area contributed by atoms with Crippen LogP contribution in [0.3, 0.4) is 0 Å². The normalized spacial score (nSPS) is 16.2. The number of hydrogen-bond donors (Lipinski definition) is 0. The quantitative estimate of drug-likeness (QED) is 0.462. The van der Waals surface area contributed by atoms with Crippen molar-refractivity contribution in [2.45, 2.75) is 38.8 Å². The van der Waals surface area contributed by atoms with E-state index in [4.69, 9.17) is 0 Å². The fraction of sp³-hybridized carbons (Fsp3) is 0.389. The number of alkyl halides is 3. The van der Waals surface area contributed by atoms with Crippen LogP contribution in [0, 0.1) is 11.7 Å². The molecule has 0 unspecified atom stereocenters. The number of aromatic nitrogens is 2. The monoisotopic (exact) mass is 382 g/mol. The Morgan fingerprint density at radius 3 is 2.33 bits per heavy atom. The minimum absolute atomic E-state index is 0.0550. The van der Waals surface area contributed by atoms with Gasteiger partial charge in [-0.3, -0.25) is 14.4 Å². The molecule has 0 radical (unpaired) electrons. The molecule has 1 fully saturated rings. The van der Waals surface area contributed by atoms with Crippen molar-refractivity contribution < 1.29 is 31.9 Å². The third kappa shape index (κ3) is 3.45. The lowest BCUT2D eigenvalue weighted by atomic mass is 9.81. The molecular weight excluding hydrogens is 368 g/mol. The molecule has 0 bridgehead atoms. The summed E-state index contributed by atoms with van der Waals surface area (Å²) < 4.78 is 54.4. The summed E-state index contributed by atoms with van der Waals surface area (Å²) in [7, 11) is 0. The maximum atomic E-state index is 14.0. The standard InChI is InChI=1S/C18H14F4N2O3/c1-2-11-10(19)7-8-6-9(16(18(20,21)22)24-17(8)23-11)15(27)14-12(25)4-3-5-13(14)26/h6-7,14H,2-5H2,1H3. The maximum absolute atomic E-state index is 14.0. The molecule has 2 aromatic rings. The molecule has 1 saturated carbocycles. The average molecular weight is 382 g/mol. The van der Waals surface area contributed by atoms with Gasteiger partial charge in [-0.15, -0.1) is 0 Å². The Kier molecular flexibility index (Phi) is 4.79. The summed E-state index contributed by atoms with van der Waals surface area (Å²) in [4.78, 5) is 43.8. The molecule has 1 aliphatic carbocycles. The van der Waals surface area contributed by atoms with E-state index in [1.807, 2.05) is 0 Å². The van der Waals surface area contributed by atoms with Crippen LogP contribution in [0.1, 0.15) is 47.9 Å². The predicted molar refractivity (Wildman–Crippen MR) is 85.6 cm³/mol. The Labute approximate surface area is 150 Å². The first-order chi connectivity index (χ1) is 12.6. The first-order valence-corrected chi connectivity index (χ1v) is 8.30. The number of rotatable bonds is 3. The van der Waals surface area contributed by atoms with Crippen LogP contribution in [-0.2, 0) is 22.2 Å². The highest BCUT2D eigenvalue weighted by Crippen LogP contribution is 2.34. The Bertz CT molecular complexity index is 953. The molecule has 0 aromatic carbocycles. The zero-order chi connectivity index (χ0) is 19.9. The van der Waals surface area contributed by atoms with Crippen molar-refractivity contribution in [2.75, 3.05) is 0 Å². The van der Waals surface area contributed by atoms with Gasteiger partial charge in [0.05, 0.1) is 11.3 Å². The number of Topliss-reactive ketones (excluding diaryl/α,β-unsaturated/α-hetero) is 3. The van der Waals surface area contributed by atoms with Gasteiger partial charge >= 0.3 is 6.18 Å². The second-order valence-corrected chi connectivity index (χ2v) is 6.28. The Morgan fingerprint density at radius 2 is 1.78 bits per heavy atom. The molecule has 2 aromatic heterocycles. The Morgan fingerprint density at radius 1 is 1.15 bits per heavy atom. The highest BCUT2D eigenvalue weighted by atomic mass is 19.4. The number of ketones is 3. The van der Waals surface area contributed by atoms with Gasteiger partial charge in [0.15, 0.2) is 28.7 Å². The number of fused-ring (bicyclic) bond motifs is 1. The van der Waals surface area contributed by atoms with Gasteiger partial charge in [0.25, 0.3) is 0 Å². The van der Waals surface area contributed by atoms with Gasteiger partial charge in [-0.05, 0) is 25.0 Å². The second kappa shape index (κ2) is 6.79. The molecule has 0 spiro atoms. The molecular formula is C18H14F4N2O3. The van der Waals surface area contributed by atoms with E-state index in [9.17, 15) is 31.9 Å². The van der Waals surface area contributed by atoms with E-state index in [0.29, 0.717) is 0 Å². The fourth-order valence-corrected chi connectivity index (χ4v) is 3.12. The molecule has 0 atom stereocenters. The first-order valence-electron chi connectivity index (χ1n) is 8.30. The molecule has 3 rings (SSSR count). The van der Waals surface area contributed by atoms with Gasteiger partial charge in [-0.25, -0.2) is 14.4 Å². The molecule has 9 heteroatoms. The van der Waals surface area contributed by atoms with Gasteiger partial charge in [0.1, 0.15) is 11.7 Å². The lowest BCUT2D eigenvalue weighted by molar-refractivity contribution is -0.142. The van der Waals surface area contributed by atoms with Crippen LogP contribution in [0.5, 0.6) is 0 Å². The molecule has 27 heavy (non-hydrogen) atoms. The Hall–Kier alpha value is -2.71. The summed E-state index contributed by atoms with van der Waals surface area (Å²) in [5.74, 6) is -5.20. The molecule has 0 saturated heterocycles. The lowest BCUT2D eigenvalue weighted by Gasteiger charge is -2.20. The number of carbonyl (C=O) groups is 3. The van der Waals surface area contributed by atoms with Crippen molar-refractivity contribution in [1.29, 1.82) is 0 Å². The number of hydrogen-bond acceptors (Lipinski definition) is 5. The molecule has 0 N–H and O–H groups in total. The summed E-state index contributed by atoms with van der Waals surface area (Å²) in [6.45, 7) is 1.58. The Balaban J connectivity index is 2.22. The van der Waals surface area contributed by atoms with Crippen molar-refractivity contribution >= 4 is 28.4 Å². The number of carbonyl (C=O) groups excluding carboxylic acids is 3. The summed E-state index contributed by atoms with van der Waals surface area (Å²) in [5.41, 5.74) is -2.88. The van der Waals surface area contributed by atoms with Crippen LogP contribution in [0.25, 0.3) is 11.0 Å². The van der Waals surface area contributed by atoms with Gasteiger partial charge in [-0.1, -0.05) is 6.92 Å².